The summed E-state index contributed by atoms with van der Waals surface area (Å²) in [5.74, 6) is 1.47. The van der Waals surface area contributed by atoms with Crippen LogP contribution in [0.4, 0.5) is 0 Å². The minimum atomic E-state index is 0.324. The van der Waals surface area contributed by atoms with Gasteiger partial charge in [-0.1, -0.05) is 0 Å². The Kier molecular flexibility index (Phi) is 4.58. The van der Waals surface area contributed by atoms with Crippen LogP contribution >= 0.6 is 0 Å². The van der Waals surface area contributed by atoms with E-state index in [1.807, 2.05) is 22.8 Å². The van der Waals surface area contributed by atoms with Crippen LogP contribution in [0, 0.1) is 5.92 Å². The van der Waals surface area contributed by atoms with Gasteiger partial charge in [0.1, 0.15) is 0 Å². The van der Waals surface area contributed by atoms with Gasteiger partial charge in [-0.15, -0.1) is 0 Å². The Labute approximate surface area is 126 Å². The molecule has 5 nitrogen and oxygen atoms in total. The second-order valence-electron chi connectivity index (χ2n) is 6.30. The van der Waals surface area contributed by atoms with E-state index in [1.54, 1.807) is 0 Å². The second kappa shape index (κ2) is 6.60. The van der Waals surface area contributed by atoms with Gasteiger partial charge in [-0.25, -0.2) is 0 Å². The van der Waals surface area contributed by atoms with Gasteiger partial charge in [0.15, 0.2) is 0 Å². The zero-order chi connectivity index (χ0) is 14.7. The lowest BCUT2D eigenvalue weighted by molar-refractivity contribution is -0.132. The molecule has 0 aliphatic carbocycles. The standard InChI is InChI=1S/C16H25N3O2/c1-18-15(4-8-17-18)14-5-9-19(10-6-14)16(20)3-2-13-7-11-21-12-13/h4,8,13-14H,2-3,5-7,9-12H2,1H3. The van der Waals surface area contributed by atoms with E-state index in [4.69, 9.17) is 4.74 Å². The highest BCUT2D eigenvalue weighted by Crippen LogP contribution is 2.28. The minimum absolute atomic E-state index is 0.324. The van der Waals surface area contributed by atoms with E-state index in [0.717, 1.165) is 52.0 Å². The molecule has 3 rings (SSSR count). The Balaban J connectivity index is 1.44. The molecular weight excluding hydrogens is 266 g/mol. The molecule has 2 aliphatic rings. The third kappa shape index (κ3) is 3.46. The summed E-state index contributed by atoms with van der Waals surface area (Å²) < 4.78 is 7.33. The van der Waals surface area contributed by atoms with Crippen LogP contribution < -0.4 is 0 Å². The van der Waals surface area contributed by atoms with Crippen molar-refractivity contribution in [3.8, 4) is 0 Å². The van der Waals surface area contributed by atoms with Crippen molar-refractivity contribution in [1.29, 1.82) is 0 Å². The molecule has 0 radical (unpaired) electrons. The quantitative estimate of drug-likeness (QED) is 0.852. The summed E-state index contributed by atoms with van der Waals surface area (Å²) in [5, 5.41) is 4.24. The fraction of sp³-hybridized carbons (Fsp3) is 0.750. The zero-order valence-electron chi connectivity index (χ0n) is 12.8. The van der Waals surface area contributed by atoms with Crippen molar-refractivity contribution in [3.63, 3.8) is 0 Å². The Morgan fingerprint density at radius 1 is 1.38 bits per heavy atom. The molecule has 1 amide bonds. The number of rotatable bonds is 4. The largest absolute Gasteiger partial charge is 0.381 e. The van der Waals surface area contributed by atoms with E-state index in [1.165, 1.54) is 5.69 Å². The molecular formula is C16H25N3O2. The van der Waals surface area contributed by atoms with Crippen molar-refractivity contribution >= 4 is 5.91 Å². The molecule has 21 heavy (non-hydrogen) atoms. The summed E-state index contributed by atoms with van der Waals surface area (Å²) in [4.78, 5) is 14.3. The maximum atomic E-state index is 12.3. The highest BCUT2D eigenvalue weighted by Gasteiger charge is 2.26. The average Bonchev–Trinajstić information content (AvgIpc) is 3.16. The SMILES string of the molecule is Cn1nccc1C1CCN(C(=O)CCC2CCOC2)CC1. The van der Waals surface area contributed by atoms with Gasteiger partial charge in [0.05, 0.1) is 0 Å². The van der Waals surface area contributed by atoms with Gasteiger partial charge in [0.25, 0.3) is 0 Å². The molecule has 1 aromatic rings. The molecule has 0 aromatic carbocycles. The van der Waals surface area contributed by atoms with Crippen LogP contribution in [0.5, 0.6) is 0 Å². The highest BCUT2D eigenvalue weighted by molar-refractivity contribution is 5.76. The van der Waals surface area contributed by atoms with Gasteiger partial charge in [-0.3, -0.25) is 9.48 Å². The normalized spacial score (nSPS) is 23.7. The molecule has 0 bridgehead atoms. The highest BCUT2D eigenvalue weighted by atomic mass is 16.5. The summed E-state index contributed by atoms with van der Waals surface area (Å²) in [6.45, 7) is 3.48. The van der Waals surface area contributed by atoms with E-state index >= 15 is 0 Å². The fourth-order valence-electron chi connectivity index (χ4n) is 3.51. The zero-order valence-corrected chi connectivity index (χ0v) is 12.8. The molecule has 0 saturated carbocycles. The van der Waals surface area contributed by atoms with E-state index in [9.17, 15) is 4.79 Å². The number of likely N-dealkylation sites (tertiary alicyclic amines) is 1. The molecule has 0 spiro atoms. The molecule has 3 heterocycles. The van der Waals surface area contributed by atoms with Crippen molar-refractivity contribution < 1.29 is 9.53 Å². The number of piperidine rings is 1. The maximum Gasteiger partial charge on any atom is 0.222 e. The molecule has 1 atom stereocenters. The molecule has 1 aromatic heterocycles. The molecule has 0 N–H and O–H groups in total. The molecule has 2 fully saturated rings. The summed E-state index contributed by atoms with van der Waals surface area (Å²) in [5.41, 5.74) is 1.30. The number of nitrogens with zero attached hydrogens (tertiary/aromatic N) is 3. The number of ether oxygens (including phenoxy) is 1. The van der Waals surface area contributed by atoms with Crippen LogP contribution in [-0.2, 0) is 16.6 Å². The molecule has 1 unspecified atom stereocenters. The van der Waals surface area contributed by atoms with Crippen LogP contribution in [0.25, 0.3) is 0 Å². The first kappa shape index (κ1) is 14.6. The van der Waals surface area contributed by atoms with Crippen molar-refractivity contribution in [3.05, 3.63) is 18.0 Å². The minimum Gasteiger partial charge on any atom is -0.381 e. The lowest BCUT2D eigenvalue weighted by atomic mass is 9.93. The lowest BCUT2D eigenvalue weighted by Crippen LogP contribution is -2.38. The van der Waals surface area contributed by atoms with Crippen LogP contribution in [0.1, 0.15) is 43.7 Å². The first-order valence-electron chi connectivity index (χ1n) is 8.07. The van der Waals surface area contributed by atoms with Crippen molar-refractivity contribution in [2.75, 3.05) is 26.3 Å². The van der Waals surface area contributed by atoms with Gasteiger partial charge in [0, 0.05) is 57.6 Å². The first-order chi connectivity index (χ1) is 10.2. The number of hydrogen-bond acceptors (Lipinski definition) is 3. The number of aryl methyl sites for hydroxylation is 1. The average molecular weight is 291 g/mol. The van der Waals surface area contributed by atoms with E-state index < -0.39 is 0 Å². The Morgan fingerprint density at radius 3 is 2.81 bits per heavy atom. The third-order valence-corrected chi connectivity index (χ3v) is 4.92. The number of carbonyl (C=O) groups excluding carboxylic acids is 1. The number of carbonyl (C=O) groups is 1. The third-order valence-electron chi connectivity index (χ3n) is 4.92. The summed E-state index contributed by atoms with van der Waals surface area (Å²) in [7, 11) is 2.00. The molecule has 116 valence electrons. The predicted octanol–water partition coefficient (Wildman–Crippen LogP) is 1.94. The van der Waals surface area contributed by atoms with Crippen molar-refractivity contribution in [2.45, 2.75) is 38.0 Å². The van der Waals surface area contributed by atoms with Crippen molar-refractivity contribution in [2.24, 2.45) is 13.0 Å². The van der Waals surface area contributed by atoms with Gasteiger partial charge < -0.3 is 9.64 Å². The number of amides is 1. The molecule has 2 saturated heterocycles. The molecule has 5 heteroatoms. The second-order valence-corrected chi connectivity index (χ2v) is 6.30. The fourth-order valence-corrected chi connectivity index (χ4v) is 3.51. The van der Waals surface area contributed by atoms with Crippen LogP contribution in [0.2, 0.25) is 0 Å². The van der Waals surface area contributed by atoms with Crippen molar-refractivity contribution in [1.82, 2.24) is 14.7 Å². The maximum absolute atomic E-state index is 12.3. The smallest absolute Gasteiger partial charge is 0.222 e. The monoisotopic (exact) mass is 291 g/mol. The van der Waals surface area contributed by atoms with E-state index in [0.29, 0.717) is 24.2 Å². The summed E-state index contributed by atoms with van der Waals surface area (Å²) >= 11 is 0. The van der Waals surface area contributed by atoms with Crippen LogP contribution in [-0.4, -0.2) is 46.9 Å². The summed E-state index contributed by atoms with van der Waals surface area (Å²) in [6.07, 6.45) is 6.76. The lowest BCUT2D eigenvalue weighted by Gasteiger charge is -2.32. The number of hydrogen-bond donors (Lipinski definition) is 0. The van der Waals surface area contributed by atoms with Crippen LogP contribution in [0.3, 0.4) is 0 Å². The van der Waals surface area contributed by atoms with Crippen LogP contribution in [0.15, 0.2) is 12.3 Å². The Bertz CT molecular complexity index is 472. The topological polar surface area (TPSA) is 47.4 Å². The molecule has 2 aliphatic heterocycles. The van der Waals surface area contributed by atoms with Gasteiger partial charge in [-0.2, -0.15) is 5.10 Å². The van der Waals surface area contributed by atoms with Gasteiger partial charge >= 0.3 is 0 Å². The van der Waals surface area contributed by atoms with E-state index in [-0.39, 0.29) is 0 Å². The first-order valence-corrected chi connectivity index (χ1v) is 8.07. The number of aromatic nitrogens is 2. The Hall–Kier alpha value is -1.36. The summed E-state index contributed by atoms with van der Waals surface area (Å²) in [6, 6.07) is 2.10. The predicted molar refractivity (Wildman–Crippen MR) is 79.9 cm³/mol. The van der Waals surface area contributed by atoms with E-state index in [2.05, 4.69) is 11.2 Å². The van der Waals surface area contributed by atoms with Gasteiger partial charge in [0.2, 0.25) is 5.91 Å². The van der Waals surface area contributed by atoms with Gasteiger partial charge in [-0.05, 0) is 37.7 Å². The Morgan fingerprint density at radius 2 is 2.19 bits per heavy atom.